The number of thioether (sulfide) groups is 1. The van der Waals surface area contributed by atoms with Gasteiger partial charge in [0.25, 0.3) is 0 Å². The van der Waals surface area contributed by atoms with Crippen molar-refractivity contribution in [2.45, 2.75) is 43.9 Å². The number of anilines is 1. The van der Waals surface area contributed by atoms with Crippen molar-refractivity contribution in [2.24, 2.45) is 0 Å². The predicted octanol–water partition coefficient (Wildman–Crippen LogP) is 6.28. The molecular weight excluding hydrogens is 422 g/mol. The summed E-state index contributed by atoms with van der Waals surface area (Å²) in [6, 6.07) is 20.2. The van der Waals surface area contributed by atoms with Crippen LogP contribution in [0.15, 0.2) is 71.8 Å². The van der Waals surface area contributed by atoms with E-state index in [1.807, 2.05) is 54.2 Å². The number of rotatable bonds is 7. The summed E-state index contributed by atoms with van der Waals surface area (Å²) in [5.41, 5.74) is 3.94. The van der Waals surface area contributed by atoms with Crippen LogP contribution < -0.4 is 4.90 Å². The molecule has 158 valence electrons. The zero-order valence-corrected chi connectivity index (χ0v) is 19.5. The molecule has 0 saturated carbocycles. The molecule has 0 bridgehead atoms. The lowest BCUT2D eigenvalue weighted by atomic mass is 10.1. The van der Waals surface area contributed by atoms with Gasteiger partial charge < -0.3 is 0 Å². The van der Waals surface area contributed by atoms with E-state index in [0.29, 0.717) is 23.3 Å². The van der Waals surface area contributed by atoms with Crippen molar-refractivity contribution in [3.8, 4) is 0 Å². The summed E-state index contributed by atoms with van der Waals surface area (Å²) in [4.78, 5) is 25.5. The molecule has 0 saturated heterocycles. The summed E-state index contributed by atoms with van der Waals surface area (Å²) in [5, 5.41) is 1.24. The predicted molar refractivity (Wildman–Crippen MR) is 131 cm³/mol. The number of pyridine rings is 1. The molecule has 0 aliphatic carbocycles. The fourth-order valence-corrected chi connectivity index (χ4v) is 5.20. The number of carbonyl (C=O) groups excluding carboxylic acids is 1. The fraction of sp³-hybridized carbons (Fsp3) is 0.240. The van der Waals surface area contributed by atoms with Crippen LogP contribution in [-0.2, 0) is 17.8 Å². The third-order valence-corrected chi connectivity index (χ3v) is 6.82. The number of benzene rings is 2. The molecule has 1 amide bonds. The highest BCUT2D eigenvalue weighted by molar-refractivity contribution is 7.99. The maximum Gasteiger partial charge on any atom is 0.233 e. The van der Waals surface area contributed by atoms with Crippen LogP contribution in [0, 0.1) is 6.92 Å². The Kier molecular flexibility index (Phi) is 6.68. The average Bonchev–Trinajstić information content (AvgIpc) is 3.16. The molecule has 0 atom stereocenters. The molecule has 2 heterocycles. The Morgan fingerprint density at radius 3 is 2.61 bits per heavy atom. The van der Waals surface area contributed by atoms with Gasteiger partial charge >= 0.3 is 0 Å². The van der Waals surface area contributed by atoms with E-state index in [4.69, 9.17) is 4.98 Å². The number of carbonyl (C=O) groups is 1. The highest BCUT2D eigenvalue weighted by Gasteiger charge is 2.21. The van der Waals surface area contributed by atoms with Crippen LogP contribution in [0.5, 0.6) is 0 Å². The van der Waals surface area contributed by atoms with Gasteiger partial charge in [-0.3, -0.25) is 14.7 Å². The summed E-state index contributed by atoms with van der Waals surface area (Å²) in [7, 11) is 0. The van der Waals surface area contributed by atoms with Gasteiger partial charge in [-0.15, -0.1) is 11.8 Å². The minimum absolute atomic E-state index is 0.0192. The Morgan fingerprint density at radius 1 is 1.10 bits per heavy atom. The lowest BCUT2D eigenvalue weighted by Gasteiger charge is -2.19. The van der Waals surface area contributed by atoms with Crippen molar-refractivity contribution < 1.29 is 4.79 Å². The highest BCUT2D eigenvalue weighted by atomic mass is 32.2. The fourth-order valence-electron chi connectivity index (χ4n) is 3.28. The van der Waals surface area contributed by atoms with E-state index in [9.17, 15) is 4.79 Å². The van der Waals surface area contributed by atoms with Crippen molar-refractivity contribution in [3.63, 3.8) is 0 Å². The smallest absolute Gasteiger partial charge is 0.233 e. The van der Waals surface area contributed by atoms with Gasteiger partial charge in [0.05, 0.1) is 28.9 Å². The monoisotopic (exact) mass is 447 g/mol. The zero-order valence-electron chi connectivity index (χ0n) is 17.9. The highest BCUT2D eigenvalue weighted by Crippen LogP contribution is 2.31. The molecule has 0 fully saturated rings. The lowest BCUT2D eigenvalue weighted by Crippen LogP contribution is -2.32. The zero-order chi connectivity index (χ0) is 21.8. The van der Waals surface area contributed by atoms with Gasteiger partial charge in [-0.1, -0.05) is 49.4 Å². The second-order valence-corrected chi connectivity index (χ2v) is 10.4. The van der Waals surface area contributed by atoms with E-state index < -0.39 is 0 Å². The minimum Gasteiger partial charge on any atom is -0.282 e. The van der Waals surface area contributed by atoms with Crippen molar-refractivity contribution in [3.05, 3.63) is 83.7 Å². The second kappa shape index (κ2) is 9.62. The number of hydrogen-bond donors (Lipinski definition) is 0. The first-order valence-corrected chi connectivity index (χ1v) is 12.0. The van der Waals surface area contributed by atoms with Gasteiger partial charge in [0.2, 0.25) is 5.91 Å². The van der Waals surface area contributed by atoms with Gasteiger partial charge in [-0.25, -0.2) is 4.98 Å². The molecule has 4 nitrogen and oxygen atoms in total. The number of fused-ring (bicyclic) bond motifs is 1. The minimum atomic E-state index is 0.0192. The van der Waals surface area contributed by atoms with Gasteiger partial charge in [0, 0.05) is 16.3 Å². The van der Waals surface area contributed by atoms with Crippen LogP contribution in [0.1, 0.15) is 30.7 Å². The average molecular weight is 448 g/mol. The molecule has 0 radical (unpaired) electrons. The molecule has 4 rings (SSSR count). The third-order valence-electron chi connectivity index (χ3n) is 4.76. The van der Waals surface area contributed by atoms with Crippen LogP contribution in [-0.4, -0.2) is 21.1 Å². The van der Waals surface area contributed by atoms with E-state index >= 15 is 0 Å². The van der Waals surface area contributed by atoms with Crippen LogP contribution in [0.2, 0.25) is 0 Å². The molecule has 0 spiro atoms. The molecule has 4 aromatic rings. The van der Waals surface area contributed by atoms with Gasteiger partial charge in [0.1, 0.15) is 0 Å². The van der Waals surface area contributed by atoms with Gasteiger partial charge in [0.15, 0.2) is 5.13 Å². The number of thiazole rings is 1. The van der Waals surface area contributed by atoms with E-state index in [2.05, 4.69) is 44.0 Å². The first-order chi connectivity index (χ1) is 15.0. The maximum absolute atomic E-state index is 13.4. The first kappa shape index (κ1) is 21.5. The number of nitrogens with zero attached hydrogens (tertiary/aromatic N) is 3. The molecule has 2 aromatic carbocycles. The summed E-state index contributed by atoms with van der Waals surface area (Å²) in [6.07, 6.45) is 2.08. The molecule has 2 aromatic heterocycles. The standard InChI is InChI=1S/C25H25N3OS2/c1-17(2)30-21-10-8-19(9-11-21)15-24(29)28(16-20-6-4-5-13-26-20)25-27-22-12-7-18(3)14-23(22)31-25/h4-14,17H,15-16H2,1-3H3. The first-order valence-electron chi connectivity index (χ1n) is 10.3. The molecule has 0 unspecified atom stereocenters. The van der Waals surface area contributed by atoms with E-state index in [-0.39, 0.29) is 5.91 Å². The van der Waals surface area contributed by atoms with E-state index in [1.165, 1.54) is 10.5 Å². The lowest BCUT2D eigenvalue weighted by molar-refractivity contribution is -0.118. The maximum atomic E-state index is 13.4. The molecule has 0 aliphatic rings. The molecule has 0 N–H and O–H groups in total. The van der Waals surface area contributed by atoms with Crippen molar-refractivity contribution in [2.75, 3.05) is 4.90 Å². The largest absolute Gasteiger partial charge is 0.282 e. The summed E-state index contributed by atoms with van der Waals surface area (Å²) in [6.45, 7) is 6.82. The van der Waals surface area contributed by atoms with Crippen molar-refractivity contribution in [1.29, 1.82) is 0 Å². The summed E-state index contributed by atoms with van der Waals surface area (Å²) >= 11 is 3.37. The van der Waals surface area contributed by atoms with E-state index in [1.54, 1.807) is 22.4 Å². The number of aromatic nitrogens is 2. The summed E-state index contributed by atoms with van der Waals surface area (Å²) < 4.78 is 1.09. The normalized spacial score (nSPS) is 11.2. The van der Waals surface area contributed by atoms with Crippen LogP contribution >= 0.6 is 23.1 Å². The Bertz CT molecular complexity index is 1170. The Morgan fingerprint density at radius 2 is 1.90 bits per heavy atom. The quantitative estimate of drug-likeness (QED) is 0.313. The molecule has 6 heteroatoms. The number of hydrogen-bond acceptors (Lipinski definition) is 5. The van der Waals surface area contributed by atoms with Crippen LogP contribution in [0.3, 0.4) is 0 Å². The molecule has 0 aliphatic heterocycles. The van der Waals surface area contributed by atoms with E-state index in [0.717, 1.165) is 21.5 Å². The number of aryl methyl sites for hydroxylation is 1. The van der Waals surface area contributed by atoms with Gasteiger partial charge in [-0.05, 0) is 54.4 Å². The second-order valence-electron chi connectivity index (χ2n) is 7.76. The molecule has 31 heavy (non-hydrogen) atoms. The van der Waals surface area contributed by atoms with Gasteiger partial charge in [-0.2, -0.15) is 0 Å². The molecular formula is C25H25N3OS2. The Hall–Kier alpha value is -2.70. The van der Waals surface area contributed by atoms with Crippen molar-refractivity contribution in [1.82, 2.24) is 9.97 Å². The summed E-state index contributed by atoms with van der Waals surface area (Å²) in [5.74, 6) is 0.0192. The van der Waals surface area contributed by atoms with Crippen LogP contribution in [0.25, 0.3) is 10.2 Å². The Balaban J connectivity index is 1.60. The number of amides is 1. The van der Waals surface area contributed by atoms with Crippen LogP contribution in [0.4, 0.5) is 5.13 Å². The SMILES string of the molecule is Cc1ccc2nc(N(Cc3ccccn3)C(=O)Cc3ccc(SC(C)C)cc3)sc2c1. The Labute approximate surface area is 191 Å². The topological polar surface area (TPSA) is 46.1 Å². The third kappa shape index (κ3) is 5.51. The van der Waals surface area contributed by atoms with Crippen molar-refractivity contribution >= 4 is 44.4 Å².